The fourth-order valence-electron chi connectivity index (χ4n) is 3.39. The molecule has 2 amide bonds. The van der Waals surface area contributed by atoms with Crippen LogP contribution in [0.5, 0.6) is 0 Å². The standard InChI is InChI=1S/C23H30ClN3O4S/c1-4-21(23(29)25-2)27(17-18-11-8-9-14-20(18)24)22(28)15-10-16-26(3)32(30,31)19-12-6-5-7-13-19/h5-9,11-14,21H,4,10,15-17H2,1-3H3,(H,25,29). The quantitative estimate of drug-likeness (QED) is 0.535. The van der Waals surface area contributed by atoms with E-state index in [2.05, 4.69) is 5.32 Å². The smallest absolute Gasteiger partial charge is 0.242 e. The molecule has 0 spiro atoms. The summed E-state index contributed by atoms with van der Waals surface area (Å²) in [5, 5.41) is 3.13. The largest absolute Gasteiger partial charge is 0.357 e. The fraction of sp³-hybridized carbons (Fsp3) is 0.391. The summed E-state index contributed by atoms with van der Waals surface area (Å²) in [6.45, 7) is 2.22. The van der Waals surface area contributed by atoms with E-state index in [0.717, 1.165) is 5.56 Å². The van der Waals surface area contributed by atoms with Gasteiger partial charge in [0.1, 0.15) is 6.04 Å². The SMILES string of the molecule is CCC(C(=O)NC)N(Cc1ccccc1Cl)C(=O)CCCN(C)S(=O)(=O)c1ccccc1. The predicted molar refractivity (Wildman–Crippen MR) is 126 cm³/mol. The average Bonchev–Trinajstić information content (AvgIpc) is 2.80. The Hall–Kier alpha value is -2.42. The first-order chi connectivity index (χ1) is 15.2. The number of hydrogen-bond acceptors (Lipinski definition) is 4. The van der Waals surface area contributed by atoms with Crippen LogP contribution in [0, 0.1) is 0 Å². The molecule has 1 atom stereocenters. The molecule has 0 fully saturated rings. The average molecular weight is 480 g/mol. The Bertz CT molecular complexity index is 1010. The van der Waals surface area contributed by atoms with Gasteiger partial charge in [-0.2, -0.15) is 0 Å². The highest BCUT2D eigenvalue weighted by Gasteiger charge is 2.28. The van der Waals surface area contributed by atoms with E-state index < -0.39 is 16.1 Å². The number of hydrogen-bond donors (Lipinski definition) is 1. The molecular formula is C23H30ClN3O4S. The van der Waals surface area contributed by atoms with Gasteiger partial charge in [-0.25, -0.2) is 12.7 Å². The number of likely N-dealkylation sites (N-methyl/N-ethyl adjacent to an activating group) is 1. The van der Waals surface area contributed by atoms with Crippen molar-refractivity contribution in [2.75, 3.05) is 20.6 Å². The lowest BCUT2D eigenvalue weighted by Crippen LogP contribution is -2.48. The van der Waals surface area contributed by atoms with E-state index in [1.807, 2.05) is 19.1 Å². The molecule has 174 valence electrons. The lowest BCUT2D eigenvalue weighted by molar-refractivity contribution is -0.141. The van der Waals surface area contributed by atoms with Crippen LogP contribution in [0.4, 0.5) is 0 Å². The number of nitrogens with zero attached hydrogens (tertiary/aromatic N) is 2. The van der Waals surface area contributed by atoms with Crippen LogP contribution in [0.2, 0.25) is 5.02 Å². The molecule has 0 aliphatic heterocycles. The Kier molecular flexibility index (Phi) is 9.68. The number of rotatable bonds is 11. The predicted octanol–water partition coefficient (Wildman–Crippen LogP) is 3.29. The third-order valence-electron chi connectivity index (χ3n) is 5.25. The molecule has 32 heavy (non-hydrogen) atoms. The van der Waals surface area contributed by atoms with Crippen LogP contribution in [-0.4, -0.2) is 56.1 Å². The number of halogens is 1. The zero-order chi connectivity index (χ0) is 23.7. The Morgan fingerprint density at radius 2 is 1.69 bits per heavy atom. The summed E-state index contributed by atoms with van der Waals surface area (Å²) in [6, 6.07) is 14.7. The number of sulfonamides is 1. The number of carbonyl (C=O) groups excluding carboxylic acids is 2. The first-order valence-electron chi connectivity index (χ1n) is 10.5. The van der Waals surface area contributed by atoms with Crippen molar-refractivity contribution in [3.8, 4) is 0 Å². The normalized spacial score (nSPS) is 12.4. The van der Waals surface area contributed by atoms with Gasteiger partial charge in [0, 0.05) is 38.6 Å². The summed E-state index contributed by atoms with van der Waals surface area (Å²) in [6.07, 6.45) is 0.870. The molecule has 0 saturated carbocycles. The highest BCUT2D eigenvalue weighted by atomic mass is 35.5. The minimum Gasteiger partial charge on any atom is -0.357 e. The minimum absolute atomic E-state index is 0.104. The van der Waals surface area contributed by atoms with E-state index >= 15 is 0 Å². The van der Waals surface area contributed by atoms with E-state index in [-0.39, 0.29) is 36.2 Å². The molecule has 2 aromatic rings. The number of amides is 2. The Morgan fingerprint density at radius 1 is 1.06 bits per heavy atom. The Balaban J connectivity index is 2.10. The zero-order valence-corrected chi connectivity index (χ0v) is 20.2. The molecule has 1 N–H and O–H groups in total. The van der Waals surface area contributed by atoms with Gasteiger partial charge in [0.15, 0.2) is 0 Å². The minimum atomic E-state index is -3.62. The molecule has 0 aromatic heterocycles. The van der Waals surface area contributed by atoms with Crippen LogP contribution < -0.4 is 5.32 Å². The van der Waals surface area contributed by atoms with Crippen molar-refractivity contribution in [2.45, 2.75) is 43.7 Å². The van der Waals surface area contributed by atoms with Crippen molar-refractivity contribution in [1.82, 2.24) is 14.5 Å². The summed E-state index contributed by atoms with van der Waals surface area (Å²) >= 11 is 6.28. The summed E-state index contributed by atoms with van der Waals surface area (Å²) in [5.41, 5.74) is 0.744. The lowest BCUT2D eigenvalue weighted by atomic mass is 10.1. The summed E-state index contributed by atoms with van der Waals surface area (Å²) < 4.78 is 26.6. The van der Waals surface area contributed by atoms with E-state index in [1.54, 1.807) is 30.3 Å². The van der Waals surface area contributed by atoms with Crippen molar-refractivity contribution in [3.05, 3.63) is 65.2 Å². The first-order valence-corrected chi connectivity index (χ1v) is 12.3. The molecule has 0 heterocycles. The van der Waals surface area contributed by atoms with Crippen molar-refractivity contribution in [3.63, 3.8) is 0 Å². The lowest BCUT2D eigenvalue weighted by Gasteiger charge is -2.30. The van der Waals surface area contributed by atoms with Crippen LogP contribution in [0.1, 0.15) is 31.7 Å². The molecule has 1 unspecified atom stereocenters. The van der Waals surface area contributed by atoms with E-state index in [1.165, 1.54) is 35.4 Å². The Morgan fingerprint density at radius 3 is 2.28 bits per heavy atom. The fourth-order valence-corrected chi connectivity index (χ4v) is 4.81. The molecular weight excluding hydrogens is 450 g/mol. The Labute approximate surface area is 195 Å². The first kappa shape index (κ1) is 25.8. The highest BCUT2D eigenvalue weighted by Crippen LogP contribution is 2.21. The second-order valence-corrected chi connectivity index (χ2v) is 9.85. The maximum Gasteiger partial charge on any atom is 0.242 e. The number of benzene rings is 2. The third-order valence-corrected chi connectivity index (χ3v) is 7.49. The molecule has 9 heteroatoms. The van der Waals surface area contributed by atoms with Gasteiger partial charge in [-0.1, -0.05) is 54.9 Å². The van der Waals surface area contributed by atoms with Gasteiger partial charge in [0.25, 0.3) is 0 Å². The maximum atomic E-state index is 13.1. The van der Waals surface area contributed by atoms with Crippen molar-refractivity contribution in [1.29, 1.82) is 0 Å². The van der Waals surface area contributed by atoms with E-state index in [9.17, 15) is 18.0 Å². The van der Waals surface area contributed by atoms with Gasteiger partial charge in [0.05, 0.1) is 4.90 Å². The van der Waals surface area contributed by atoms with Gasteiger partial charge in [0.2, 0.25) is 21.8 Å². The molecule has 2 aromatic carbocycles. The van der Waals surface area contributed by atoms with E-state index in [0.29, 0.717) is 17.9 Å². The topological polar surface area (TPSA) is 86.8 Å². The molecule has 0 aliphatic rings. The molecule has 0 bridgehead atoms. The number of nitrogens with one attached hydrogen (secondary N) is 1. The van der Waals surface area contributed by atoms with Crippen molar-refractivity contribution >= 4 is 33.4 Å². The van der Waals surface area contributed by atoms with Crippen LogP contribution >= 0.6 is 11.6 Å². The zero-order valence-electron chi connectivity index (χ0n) is 18.6. The monoisotopic (exact) mass is 479 g/mol. The van der Waals surface area contributed by atoms with Crippen molar-refractivity contribution in [2.24, 2.45) is 0 Å². The second kappa shape index (κ2) is 12.0. The summed E-state index contributed by atoms with van der Waals surface area (Å²) in [5.74, 6) is -0.484. The van der Waals surface area contributed by atoms with Crippen LogP contribution in [0.25, 0.3) is 0 Å². The van der Waals surface area contributed by atoms with E-state index in [4.69, 9.17) is 11.6 Å². The third kappa shape index (κ3) is 6.54. The molecule has 0 aliphatic carbocycles. The van der Waals surface area contributed by atoms with Gasteiger partial charge in [-0.05, 0) is 36.6 Å². The molecule has 2 rings (SSSR count). The summed E-state index contributed by atoms with van der Waals surface area (Å²) in [4.78, 5) is 27.3. The van der Waals surface area contributed by atoms with Gasteiger partial charge in [-0.3, -0.25) is 9.59 Å². The van der Waals surface area contributed by atoms with Gasteiger partial charge in [-0.15, -0.1) is 0 Å². The summed E-state index contributed by atoms with van der Waals surface area (Å²) in [7, 11) is -0.595. The molecule has 0 radical (unpaired) electrons. The van der Waals surface area contributed by atoms with Crippen LogP contribution in [-0.2, 0) is 26.2 Å². The van der Waals surface area contributed by atoms with Gasteiger partial charge < -0.3 is 10.2 Å². The van der Waals surface area contributed by atoms with Crippen molar-refractivity contribution < 1.29 is 18.0 Å². The van der Waals surface area contributed by atoms with Gasteiger partial charge >= 0.3 is 0 Å². The van der Waals surface area contributed by atoms with Crippen LogP contribution in [0.15, 0.2) is 59.5 Å². The number of carbonyl (C=O) groups is 2. The molecule has 7 nitrogen and oxygen atoms in total. The maximum absolute atomic E-state index is 13.1. The second-order valence-electron chi connectivity index (χ2n) is 7.39. The highest BCUT2D eigenvalue weighted by molar-refractivity contribution is 7.89. The van der Waals surface area contributed by atoms with Crippen LogP contribution in [0.3, 0.4) is 0 Å². The molecule has 0 saturated heterocycles.